The van der Waals surface area contributed by atoms with Gasteiger partial charge >= 0.3 is 24.3 Å². The molecule has 4 rings (SSSR count). The van der Waals surface area contributed by atoms with E-state index in [0.29, 0.717) is 5.95 Å². The Hall–Kier alpha value is -3.05. The summed E-state index contributed by atoms with van der Waals surface area (Å²) >= 11 is 1.73. The molecule has 2 aromatic heterocycles. The van der Waals surface area contributed by atoms with Gasteiger partial charge in [0.25, 0.3) is 0 Å². The number of hydrogen-bond donors (Lipinski definition) is 3. The SMILES string of the molecule is O=C(O)C(F)(F)F.O=C(O)C(F)(F)F.c1cnc(NC2COC3(CCCN(Cc4nccs4)C3)C2)nc1. The number of thiazole rings is 1. The monoisotopic (exact) mass is 559 g/mol. The highest BCUT2D eigenvalue weighted by Gasteiger charge is 2.43. The summed E-state index contributed by atoms with van der Waals surface area (Å²) in [4.78, 5) is 33.2. The first-order valence-electron chi connectivity index (χ1n) is 10.6. The molecule has 2 unspecified atom stereocenters. The average Bonchev–Trinajstić information content (AvgIpc) is 3.44. The smallest absolute Gasteiger partial charge is 0.475 e. The Bertz CT molecular complexity index is 972. The number of nitrogens with zero attached hydrogens (tertiary/aromatic N) is 4. The minimum Gasteiger partial charge on any atom is -0.475 e. The molecule has 206 valence electrons. The number of carboxylic acids is 2. The summed E-state index contributed by atoms with van der Waals surface area (Å²) in [5, 5.41) is 20.9. The second-order valence-corrected chi connectivity index (χ2v) is 8.94. The third kappa shape index (κ3) is 10.5. The van der Waals surface area contributed by atoms with Gasteiger partial charge < -0.3 is 20.3 Å². The summed E-state index contributed by atoms with van der Waals surface area (Å²) in [6.45, 7) is 3.77. The van der Waals surface area contributed by atoms with Gasteiger partial charge in [-0.3, -0.25) is 4.90 Å². The molecular weight excluding hydrogens is 536 g/mol. The molecule has 4 heterocycles. The fourth-order valence-electron chi connectivity index (χ4n) is 3.63. The fourth-order valence-corrected chi connectivity index (χ4v) is 4.28. The van der Waals surface area contributed by atoms with Gasteiger partial charge in [-0.15, -0.1) is 11.3 Å². The van der Waals surface area contributed by atoms with Crippen molar-refractivity contribution in [3.63, 3.8) is 0 Å². The lowest BCUT2D eigenvalue weighted by Gasteiger charge is -2.39. The Kier molecular flexibility index (Phi) is 10.6. The van der Waals surface area contributed by atoms with Crippen LogP contribution in [0.2, 0.25) is 0 Å². The zero-order chi connectivity index (χ0) is 27.7. The van der Waals surface area contributed by atoms with E-state index in [9.17, 15) is 26.3 Å². The van der Waals surface area contributed by atoms with Gasteiger partial charge in [-0.25, -0.2) is 24.5 Å². The second kappa shape index (κ2) is 13.0. The van der Waals surface area contributed by atoms with E-state index in [1.165, 1.54) is 11.4 Å². The van der Waals surface area contributed by atoms with Crippen LogP contribution in [-0.2, 0) is 20.9 Å². The summed E-state index contributed by atoms with van der Waals surface area (Å²) in [5.74, 6) is -4.83. The van der Waals surface area contributed by atoms with Crippen LogP contribution in [0.5, 0.6) is 0 Å². The third-order valence-electron chi connectivity index (χ3n) is 5.05. The highest BCUT2D eigenvalue weighted by Crippen LogP contribution is 2.36. The maximum Gasteiger partial charge on any atom is 0.490 e. The molecule has 0 saturated carbocycles. The van der Waals surface area contributed by atoms with Crippen LogP contribution in [0.4, 0.5) is 32.3 Å². The minimum absolute atomic E-state index is 0.0258. The number of carbonyl (C=O) groups is 2. The summed E-state index contributed by atoms with van der Waals surface area (Å²) in [5.41, 5.74) is -0.0258. The van der Waals surface area contributed by atoms with Gasteiger partial charge in [0, 0.05) is 36.9 Å². The summed E-state index contributed by atoms with van der Waals surface area (Å²) < 4.78 is 69.7. The molecule has 2 aromatic rings. The van der Waals surface area contributed by atoms with Crippen LogP contribution in [0.3, 0.4) is 0 Å². The molecule has 10 nitrogen and oxygen atoms in total. The molecule has 2 aliphatic rings. The molecule has 37 heavy (non-hydrogen) atoms. The zero-order valence-corrected chi connectivity index (χ0v) is 19.8. The number of halogens is 6. The van der Waals surface area contributed by atoms with E-state index < -0.39 is 24.3 Å². The first kappa shape index (κ1) is 30.2. The molecular formula is C20H23F6N5O5S. The topological polar surface area (TPSA) is 138 Å². The molecule has 0 radical (unpaired) electrons. The van der Waals surface area contributed by atoms with Crippen molar-refractivity contribution in [3.8, 4) is 0 Å². The number of piperidine rings is 1. The first-order chi connectivity index (χ1) is 17.2. The number of carboxylic acid groups (broad SMARTS) is 2. The van der Waals surface area contributed by atoms with E-state index >= 15 is 0 Å². The Labute approximate surface area is 210 Å². The van der Waals surface area contributed by atoms with Gasteiger partial charge in [-0.1, -0.05) is 0 Å². The quantitative estimate of drug-likeness (QED) is 0.478. The first-order valence-corrected chi connectivity index (χ1v) is 11.5. The van der Waals surface area contributed by atoms with E-state index in [1.54, 1.807) is 23.7 Å². The predicted molar refractivity (Wildman–Crippen MR) is 117 cm³/mol. The summed E-state index contributed by atoms with van der Waals surface area (Å²) in [7, 11) is 0. The van der Waals surface area contributed by atoms with Crippen molar-refractivity contribution in [2.24, 2.45) is 0 Å². The molecule has 1 spiro atoms. The van der Waals surface area contributed by atoms with Crippen LogP contribution in [0.1, 0.15) is 24.3 Å². The largest absolute Gasteiger partial charge is 0.490 e. The van der Waals surface area contributed by atoms with E-state index in [2.05, 4.69) is 25.2 Å². The van der Waals surface area contributed by atoms with Crippen molar-refractivity contribution in [2.75, 3.05) is 25.0 Å². The Morgan fingerprint density at radius 1 is 1.08 bits per heavy atom. The predicted octanol–water partition coefficient (Wildman–Crippen LogP) is 3.44. The standard InChI is InChI=1S/C16H21N5OS.2C2HF3O2/c1-3-16(12-21(7-1)10-14-17-6-8-23-14)9-13(11-22-16)20-15-18-4-2-5-19-15;2*3-2(4,5)1(6)7/h2,4-6,8,13H,1,3,7,9-12H2,(H,18,19,20);2*(H,6,7). The van der Waals surface area contributed by atoms with Gasteiger partial charge in [0.05, 0.1) is 24.8 Å². The van der Waals surface area contributed by atoms with Crippen molar-refractivity contribution in [2.45, 2.75) is 49.8 Å². The van der Waals surface area contributed by atoms with Gasteiger partial charge in [-0.2, -0.15) is 26.3 Å². The lowest BCUT2D eigenvalue weighted by molar-refractivity contribution is -0.193. The molecule has 2 aliphatic heterocycles. The van der Waals surface area contributed by atoms with E-state index in [-0.39, 0.29) is 11.6 Å². The second-order valence-electron chi connectivity index (χ2n) is 7.96. The zero-order valence-electron chi connectivity index (χ0n) is 19.0. The normalized spacial score (nSPS) is 21.8. The number of nitrogens with one attached hydrogen (secondary N) is 1. The molecule has 0 aromatic carbocycles. The van der Waals surface area contributed by atoms with Crippen molar-refractivity contribution in [1.82, 2.24) is 19.9 Å². The maximum absolute atomic E-state index is 10.6. The Morgan fingerprint density at radius 3 is 2.19 bits per heavy atom. The molecule has 2 saturated heterocycles. The van der Waals surface area contributed by atoms with Crippen LogP contribution in [0, 0.1) is 0 Å². The van der Waals surface area contributed by atoms with Gasteiger partial charge in [0.15, 0.2) is 0 Å². The van der Waals surface area contributed by atoms with Crippen molar-refractivity contribution >= 4 is 29.2 Å². The van der Waals surface area contributed by atoms with Crippen LogP contribution >= 0.6 is 11.3 Å². The lowest BCUT2D eigenvalue weighted by atomic mass is 9.88. The minimum atomic E-state index is -5.08. The molecule has 2 atom stereocenters. The van der Waals surface area contributed by atoms with Gasteiger partial charge in [-0.05, 0) is 25.5 Å². The van der Waals surface area contributed by atoms with Gasteiger partial charge in [0.1, 0.15) is 5.01 Å². The van der Waals surface area contributed by atoms with Crippen LogP contribution in [-0.4, -0.2) is 85.7 Å². The van der Waals surface area contributed by atoms with Crippen LogP contribution < -0.4 is 5.32 Å². The summed E-state index contributed by atoms with van der Waals surface area (Å²) in [6, 6.07) is 2.12. The molecule has 17 heteroatoms. The molecule has 3 N–H and O–H groups in total. The highest BCUT2D eigenvalue weighted by molar-refractivity contribution is 7.09. The number of rotatable bonds is 4. The Morgan fingerprint density at radius 2 is 1.68 bits per heavy atom. The molecule has 0 amide bonds. The van der Waals surface area contributed by atoms with E-state index in [4.69, 9.17) is 24.5 Å². The number of aliphatic carboxylic acids is 2. The third-order valence-corrected chi connectivity index (χ3v) is 5.82. The number of aromatic nitrogens is 3. The summed E-state index contributed by atoms with van der Waals surface area (Å²) in [6.07, 6.45) is -1.44. The molecule has 0 bridgehead atoms. The number of likely N-dealkylation sites (tertiary alicyclic amines) is 1. The molecule has 2 fully saturated rings. The fraction of sp³-hybridized carbons (Fsp3) is 0.550. The van der Waals surface area contributed by atoms with E-state index in [1.807, 2.05) is 17.6 Å². The highest BCUT2D eigenvalue weighted by atomic mass is 32.1. The number of hydrogen-bond acceptors (Lipinski definition) is 9. The average molecular weight is 559 g/mol. The van der Waals surface area contributed by atoms with Crippen molar-refractivity contribution in [3.05, 3.63) is 35.0 Å². The van der Waals surface area contributed by atoms with Crippen molar-refractivity contribution in [1.29, 1.82) is 0 Å². The number of ether oxygens (including phenoxy) is 1. The molecule has 0 aliphatic carbocycles. The van der Waals surface area contributed by atoms with E-state index in [0.717, 1.165) is 39.1 Å². The maximum atomic E-state index is 10.6. The number of alkyl halides is 6. The number of anilines is 1. The van der Waals surface area contributed by atoms with Crippen LogP contribution in [0.25, 0.3) is 0 Å². The van der Waals surface area contributed by atoms with Crippen molar-refractivity contribution < 1.29 is 50.9 Å². The lowest BCUT2D eigenvalue weighted by Crippen LogP contribution is -2.47. The van der Waals surface area contributed by atoms with Crippen LogP contribution in [0.15, 0.2) is 30.0 Å². The van der Waals surface area contributed by atoms with Gasteiger partial charge in [0.2, 0.25) is 5.95 Å². The Balaban J connectivity index is 0.000000286.